The number of aromatic nitrogens is 2. The predicted octanol–water partition coefficient (Wildman–Crippen LogP) is 2.19. The molecule has 23 heavy (non-hydrogen) atoms. The number of nitrogens with zero attached hydrogens (tertiary/aromatic N) is 1. The molecule has 0 aliphatic carbocycles. The van der Waals surface area contributed by atoms with Crippen molar-refractivity contribution in [3.63, 3.8) is 0 Å². The molecule has 3 rings (SSSR count). The van der Waals surface area contributed by atoms with Gasteiger partial charge in [-0.3, -0.25) is 9.89 Å². The molecule has 2 heterocycles. The third-order valence-corrected chi connectivity index (χ3v) is 4.17. The van der Waals surface area contributed by atoms with Crippen LogP contribution in [0.2, 0.25) is 0 Å². The number of nitrogens with one attached hydrogen (secondary N) is 3. The number of amides is 1. The van der Waals surface area contributed by atoms with Crippen LogP contribution in [0, 0.1) is 6.92 Å². The zero-order valence-corrected chi connectivity index (χ0v) is 13.5. The molecule has 2 aromatic rings. The van der Waals surface area contributed by atoms with Gasteiger partial charge in [0.1, 0.15) is 0 Å². The molecule has 6 heteroatoms. The Morgan fingerprint density at radius 1 is 1.39 bits per heavy atom. The summed E-state index contributed by atoms with van der Waals surface area (Å²) < 4.78 is 5.71. The van der Waals surface area contributed by atoms with Gasteiger partial charge in [-0.2, -0.15) is 5.10 Å². The molecular weight excluding hydrogens is 292 g/mol. The van der Waals surface area contributed by atoms with Crippen LogP contribution in [0.4, 0.5) is 5.82 Å². The van der Waals surface area contributed by atoms with E-state index >= 15 is 0 Å². The molecule has 1 fully saturated rings. The van der Waals surface area contributed by atoms with E-state index in [1.807, 2.05) is 38.1 Å². The van der Waals surface area contributed by atoms with Crippen molar-refractivity contribution in [1.29, 1.82) is 0 Å². The van der Waals surface area contributed by atoms with Crippen molar-refractivity contribution >= 4 is 11.7 Å². The highest BCUT2D eigenvalue weighted by Gasteiger charge is 2.17. The average Bonchev–Trinajstić information content (AvgIpc) is 2.96. The van der Waals surface area contributed by atoms with Crippen molar-refractivity contribution in [2.75, 3.05) is 25.0 Å². The summed E-state index contributed by atoms with van der Waals surface area (Å²) in [7, 11) is 0. The first-order chi connectivity index (χ1) is 11.2. The van der Waals surface area contributed by atoms with Gasteiger partial charge in [0, 0.05) is 29.9 Å². The van der Waals surface area contributed by atoms with Crippen LogP contribution in [0.25, 0.3) is 0 Å². The van der Waals surface area contributed by atoms with Gasteiger partial charge in [-0.25, -0.2) is 0 Å². The lowest BCUT2D eigenvalue weighted by Gasteiger charge is -2.24. The van der Waals surface area contributed by atoms with Crippen LogP contribution in [0.15, 0.2) is 24.3 Å². The molecule has 1 saturated heterocycles. The van der Waals surface area contributed by atoms with Gasteiger partial charge in [-0.1, -0.05) is 19.1 Å². The van der Waals surface area contributed by atoms with Gasteiger partial charge in [0.25, 0.3) is 5.91 Å². The first-order valence-corrected chi connectivity index (χ1v) is 7.96. The number of rotatable bonds is 4. The molecule has 6 nitrogen and oxygen atoms in total. The summed E-state index contributed by atoms with van der Waals surface area (Å²) in [4.78, 5) is 12.3. The van der Waals surface area contributed by atoms with Crippen molar-refractivity contribution in [2.24, 2.45) is 0 Å². The lowest BCUT2D eigenvalue weighted by atomic mass is 10.1. The van der Waals surface area contributed by atoms with E-state index in [1.165, 1.54) is 0 Å². The second kappa shape index (κ2) is 6.93. The molecule has 0 bridgehead atoms. The van der Waals surface area contributed by atoms with E-state index in [2.05, 4.69) is 20.8 Å². The molecule has 1 aliphatic heterocycles. The number of benzene rings is 1. The molecule has 0 radical (unpaired) electrons. The monoisotopic (exact) mass is 314 g/mol. The molecule has 122 valence electrons. The van der Waals surface area contributed by atoms with E-state index in [1.54, 1.807) is 0 Å². The number of hydrogen-bond donors (Lipinski definition) is 3. The molecule has 3 N–H and O–H groups in total. The van der Waals surface area contributed by atoms with Gasteiger partial charge < -0.3 is 15.4 Å². The van der Waals surface area contributed by atoms with Crippen molar-refractivity contribution < 1.29 is 9.53 Å². The standard InChI is InChI=1S/C17H22N4O2/c1-3-14-11(2)16(21-20-14)19-17(22)13-6-4-12(5-7-13)15-10-18-8-9-23-15/h4-7,15,18H,3,8-10H2,1-2H3,(H2,19,20,21,22). The summed E-state index contributed by atoms with van der Waals surface area (Å²) >= 11 is 0. The number of ether oxygens (including phenoxy) is 1. The summed E-state index contributed by atoms with van der Waals surface area (Å²) in [6.07, 6.45) is 0.917. The van der Waals surface area contributed by atoms with Gasteiger partial charge in [0.15, 0.2) is 5.82 Å². The summed E-state index contributed by atoms with van der Waals surface area (Å²) in [6.45, 7) is 6.41. The van der Waals surface area contributed by atoms with Crippen LogP contribution in [0.3, 0.4) is 0 Å². The molecular formula is C17H22N4O2. The highest BCUT2D eigenvalue weighted by molar-refractivity contribution is 6.04. The SMILES string of the molecule is CCc1[nH]nc(NC(=O)c2ccc(C3CNCCO3)cc2)c1C. The van der Waals surface area contributed by atoms with Crippen LogP contribution in [0.5, 0.6) is 0 Å². The van der Waals surface area contributed by atoms with Crippen LogP contribution >= 0.6 is 0 Å². The molecule has 1 amide bonds. The third kappa shape index (κ3) is 3.43. The summed E-state index contributed by atoms with van der Waals surface area (Å²) in [5, 5.41) is 13.3. The lowest BCUT2D eigenvalue weighted by molar-refractivity contribution is 0.0277. The fourth-order valence-electron chi connectivity index (χ4n) is 2.71. The smallest absolute Gasteiger partial charge is 0.256 e. The molecule has 1 atom stereocenters. The van der Waals surface area contributed by atoms with Crippen LogP contribution < -0.4 is 10.6 Å². The van der Waals surface area contributed by atoms with Crippen LogP contribution in [-0.4, -0.2) is 35.8 Å². The summed E-state index contributed by atoms with van der Waals surface area (Å²) in [5.41, 5.74) is 3.72. The minimum atomic E-state index is -0.156. The number of hydrogen-bond acceptors (Lipinski definition) is 4. The fourth-order valence-corrected chi connectivity index (χ4v) is 2.71. The van der Waals surface area contributed by atoms with Crippen molar-refractivity contribution in [1.82, 2.24) is 15.5 Å². The number of aromatic amines is 1. The van der Waals surface area contributed by atoms with E-state index < -0.39 is 0 Å². The summed E-state index contributed by atoms with van der Waals surface area (Å²) in [5.74, 6) is 0.437. The second-order valence-corrected chi connectivity index (χ2v) is 5.67. The normalized spacial score (nSPS) is 17.9. The van der Waals surface area contributed by atoms with Gasteiger partial charge >= 0.3 is 0 Å². The zero-order chi connectivity index (χ0) is 16.2. The number of aryl methyl sites for hydroxylation is 1. The van der Waals surface area contributed by atoms with Gasteiger partial charge in [-0.15, -0.1) is 0 Å². The maximum atomic E-state index is 12.3. The number of carbonyl (C=O) groups excluding carboxylic acids is 1. The lowest BCUT2D eigenvalue weighted by Crippen LogP contribution is -2.33. The van der Waals surface area contributed by atoms with Crippen LogP contribution in [0.1, 0.15) is 40.2 Å². The van der Waals surface area contributed by atoms with Gasteiger partial charge in [0.2, 0.25) is 0 Å². The Bertz CT molecular complexity index is 672. The topological polar surface area (TPSA) is 79.0 Å². The molecule has 0 spiro atoms. The zero-order valence-electron chi connectivity index (χ0n) is 13.5. The predicted molar refractivity (Wildman–Crippen MR) is 88.7 cm³/mol. The maximum Gasteiger partial charge on any atom is 0.256 e. The van der Waals surface area contributed by atoms with E-state index in [9.17, 15) is 4.79 Å². The third-order valence-electron chi connectivity index (χ3n) is 4.17. The Balaban J connectivity index is 1.68. The number of anilines is 1. The summed E-state index contributed by atoms with van der Waals surface area (Å²) in [6, 6.07) is 7.54. The van der Waals surface area contributed by atoms with E-state index in [-0.39, 0.29) is 12.0 Å². The molecule has 1 aromatic heterocycles. The minimum absolute atomic E-state index is 0.0570. The fraction of sp³-hybridized carbons (Fsp3) is 0.412. The molecule has 1 aromatic carbocycles. The average molecular weight is 314 g/mol. The first kappa shape index (κ1) is 15.7. The number of carbonyl (C=O) groups is 1. The Morgan fingerprint density at radius 3 is 2.78 bits per heavy atom. The highest BCUT2D eigenvalue weighted by atomic mass is 16.5. The largest absolute Gasteiger partial charge is 0.371 e. The van der Waals surface area contributed by atoms with Crippen molar-refractivity contribution in [3.8, 4) is 0 Å². The van der Waals surface area contributed by atoms with E-state index in [0.717, 1.165) is 36.3 Å². The molecule has 1 aliphatic rings. The number of H-pyrrole nitrogens is 1. The maximum absolute atomic E-state index is 12.3. The second-order valence-electron chi connectivity index (χ2n) is 5.67. The van der Waals surface area contributed by atoms with Gasteiger partial charge in [-0.05, 0) is 31.0 Å². The molecule has 0 saturated carbocycles. The van der Waals surface area contributed by atoms with E-state index in [0.29, 0.717) is 18.0 Å². The Morgan fingerprint density at radius 2 is 2.17 bits per heavy atom. The number of morpholine rings is 1. The van der Waals surface area contributed by atoms with Gasteiger partial charge in [0.05, 0.1) is 12.7 Å². The van der Waals surface area contributed by atoms with Crippen molar-refractivity contribution in [2.45, 2.75) is 26.4 Å². The first-order valence-electron chi connectivity index (χ1n) is 7.96. The van der Waals surface area contributed by atoms with E-state index in [4.69, 9.17) is 4.74 Å². The highest BCUT2D eigenvalue weighted by Crippen LogP contribution is 2.20. The van der Waals surface area contributed by atoms with Crippen molar-refractivity contribution in [3.05, 3.63) is 46.6 Å². The Labute approximate surface area is 135 Å². The quantitative estimate of drug-likeness (QED) is 0.808. The molecule has 1 unspecified atom stereocenters. The minimum Gasteiger partial charge on any atom is -0.371 e. The van der Waals surface area contributed by atoms with Crippen LogP contribution in [-0.2, 0) is 11.2 Å². The Hall–Kier alpha value is -2.18. The Kier molecular flexibility index (Phi) is 4.73.